The minimum atomic E-state index is -4.61. The number of hydrogen-bond acceptors (Lipinski definition) is 5. The number of urea groups is 1. The molecule has 2 heterocycles. The van der Waals surface area contributed by atoms with Gasteiger partial charge in [-0.25, -0.2) is 22.9 Å². The van der Waals surface area contributed by atoms with Gasteiger partial charge in [-0.2, -0.15) is 13.2 Å². The molecule has 0 atom stereocenters. The number of sulfonamides is 1. The van der Waals surface area contributed by atoms with Gasteiger partial charge in [0.1, 0.15) is 5.75 Å². The summed E-state index contributed by atoms with van der Waals surface area (Å²) < 4.78 is 72.4. The van der Waals surface area contributed by atoms with Crippen LogP contribution in [0.4, 0.5) is 23.7 Å². The molecule has 0 fully saturated rings. The number of benzene rings is 2. The zero-order valence-corrected chi connectivity index (χ0v) is 22.0. The molecule has 2 aromatic carbocycles. The minimum Gasteiger partial charge on any atom is -0.497 e. The van der Waals surface area contributed by atoms with Crippen LogP contribution >= 0.6 is 0 Å². The number of fused-ring (bicyclic) bond motifs is 1. The van der Waals surface area contributed by atoms with Crippen LogP contribution in [0.1, 0.15) is 30.7 Å². The van der Waals surface area contributed by atoms with Gasteiger partial charge < -0.3 is 10.1 Å². The molecule has 3 aromatic rings. The predicted octanol–water partition coefficient (Wildman–Crippen LogP) is 4.69. The van der Waals surface area contributed by atoms with Crippen LogP contribution in [-0.4, -0.2) is 40.1 Å². The molecule has 2 amide bonds. The summed E-state index contributed by atoms with van der Waals surface area (Å²) in [4.78, 5) is 19.3. The Kier molecular flexibility index (Phi) is 7.15. The fourth-order valence-electron chi connectivity index (χ4n) is 4.34. The van der Waals surface area contributed by atoms with Crippen LogP contribution in [0.2, 0.25) is 0 Å². The monoisotopic (exact) mass is 548 g/mol. The average molecular weight is 549 g/mol. The summed E-state index contributed by atoms with van der Waals surface area (Å²) in [6.45, 7) is 4.17. The van der Waals surface area contributed by atoms with Crippen LogP contribution in [0.3, 0.4) is 0 Å². The third kappa shape index (κ3) is 5.32. The van der Waals surface area contributed by atoms with E-state index in [1.807, 2.05) is 13.8 Å². The largest absolute Gasteiger partial charge is 0.497 e. The van der Waals surface area contributed by atoms with Crippen molar-refractivity contribution in [3.05, 3.63) is 71.4 Å². The number of pyridine rings is 1. The maximum Gasteiger partial charge on any atom is 0.417 e. The molecule has 8 nitrogen and oxygen atoms in total. The number of carbonyl (C=O) groups excluding carboxylic acids is 1. The number of aromatic nitrogens is 1. The summed E-state index contributed by atoms with van der Waals surface area (Å²) in [7, 11) is -0.943. The van der Waals surface area contributed by atoms with Gasteiger partial charge in [0.15, 0.2) is 0 Å². The molecular weight excluding hydrogens is 521 g/mol. The van der Waals surface area contributed by atoms with Crippen molar-refractivity contribution in [2.24, 2.45) is 0 Å². The zero-order valence-electron chi connectivity index (χ0n) is 21.2. The quantitative estimate of drug-likeness (QED) is 0.466. The summed E-state index contributed by atoms with van der Waals surface area (Å²) in [6.07, 6.45) is -4.61. The number of amides is 2. The number of anilines is 1. The molecule has 0 radical (unpaired) electrons. The van der Waals surface area contributed by atoms with E-state index in [0.29, 0.717) is 16.9 Å². The second-order valence-corrected chi connectivity index (χ2v) is 11.3. The summed E-state index contributed by atoms with van der Waals surface area (Å²) in [5.41, 5.74) is 0.304. The van der Waals surface area contributed by atoms with Gasteiger partial charge in [0, 0.05) is 24.1 Å². The van der Waals surface area contributed by atoms with E-state index in [1.54, 1.807) is 18.2 Å². The Bertz CT molecular complexity index is 1470. The van der Waals surface area contributed by atoms with Gasteiger partial charge in [-0.3, -0.25) is 4.90 Å². The Balaban J connectivity index is 1.58. The van der Waals surface area contributed by atoms with Crippen LogP contribution in [0.25, 0.3) is 11.3 Å². The topological polar surface area (TPSA) is 101 Å². The van der Waals surface area contributed by atoms with E-state index in [-0.39, 0.29) is 35.0 Å². The first-order valence-corrected chi connectivity index (χ1v) is 13.1. The molecule has 12 heteroatoms. The van der Waals surface area contributed by atoms with E-state index in [1.165, 1.54) is 49.4 Å². The minimum absolute atomic E-state index is 0.0801. The first kappa shape index (κ1) is 27.4. The van der Waals surface area contributed by atoms with Crippen LogP contribution in [0.5, 0.6) is 5.75 Å². The number of nitrogens with one attached hydrogen (secondary N) is 2. The fourth-order valence-corrected chi connectivity index (χ4v) is 5.07. The number of nitrogens with zero attached hydrogens (tertiary/aromatic N) is 2. The second kappa shape index (κ2) is 9.91. The highest BCUT2D eigenvalue weighted by Gasteiger charge is 2.40. The van der Waals surface area contributed by atoms with Gasteiger partial charge >= 0.3 is 12.2 Å². The summed E-state index contributed by atoms with van der Waals surface area (Å²) in [5.74, 6) is 0.0868. The Morgan fingerprint density at radius 2 is 1.79 bits per heavy atom. The smallest absolute Gasteiger partial charge is 0.417 e. The van der Waals surface area contributed by atoms with Crippen LogP contribution in [0.15, 0.2) is 59.5 Å². The van der Waals surface area contributed by atoms with Crippen LogP contribution in [-0.2, 0) is 28.2 Å². The van der Waals surface area contributed by atoms with Crippen molar-refractivity contribution < 1.29 is 31.1 Å². The molecule has 0 saturated heterocycles. The molecule has 2 N–H and O–H groups in total. The molecule has 0 aliphatic carbocycles. The van der Waals surface area contributed by atoms with E-state index in [9.17, 15) is 26.4 Å². The highest BCUT2D eigenvalue weighted by Crippen LogP contribution is 2.43. The van der Waals surface area contributed by atoms with E-state index < -0.39 is 33.2 Å². The Hall–Kier alpha value is -3.64. The second-order valence-electron chi connectivity index (χ2n) is 9.45. The third-order valence-corrected chi connectivity index (χ3v) is 7.79. The maximum atomic E-state index is 13.8. The number of carbonyl (C=O) groups is 1. The van der Waals surface area contributed by atoms with Gasteiger partial charge in [-0.1, -0.05) is 26.0 Å². The van der Waals surface area contributed by atoms with Gasteiger partial charge in [-0.05, 0) is 55.1 Å². The number of rotatable bonds is 6. The van der Waals surface area contributed by atoms with Crippen molar-refractivity contribution >= 4 is 21.7 Å². The number of alkyl halides is 3. The third-order valence-electron chi connectivity index (χ3n) is 6.36. The first-order chi connectivity index (χ1) is 17.8. The van der Waals surface area contributed by atoms with Crippen molar-refractivity contribution in [3.8, 4) is 17.0 Å². The van der Waals surface area contributed by atoms with Crippen molar-refractivity contribution in [2.45, 2.75) is 36.9 Å². The SMILES string of the molecule is CNS(=O)(=O)c1ccc(CNC(=O)N2CC(C)(C)c3nc(-c4ccc(OC)cc4C(F)(F)F)ccc32)cc1. The maximum absolute atomic E-state index is 13.8. The summed E-state index contributed by atoms with van der Waals surface area (Å²) in [6, 6.07) is 12.5. The van der Waals surface area contributed by atoms with Crippen molar-refractivity contribution in [1.82, 2.24) is 15.0 Å². The normalized spacial score (nSPS) is 14.8. The summed E-state index contributed by atoms with van der Waals surface area (Å²) in [5, 5.41) is 2.81. The first-order valence-electron chi connectivity index (χ1n) is 11.6. The molecular formula is C26H27F3N4O4S. The Morgan fingerprint density at radius 1 is 1.11 bits per heavy atom. The number of methoxy groups -OCH3 is 1. The van der Waals surface area contributed by atoms with Crippen LogP contribution in [0, 0.1) is 0 Å². The molecule has 38 heavy (non-hydrogen) atoms. The van der Waals surface area contributed by atoms with E-state index in [0.717, 1.165) is 6.07 Å². The van der Waals surface area contributed by atoms with E-state index in [2.05, 4.69) is 15.0 Å². The molecule has 4 rings (SSSR count). The zero-order chi connectivity index (χ0) is 27.9. The van der Waals surface area contributed by atoms with Gasteiger partial charge in [0.05, 0.1) is 34.6 Å². The molecule has 0 bridgehead atoms. The van der Waals surface area contributed by atoms with Gasteiger partial charge in [0.2, 0.25) is 10.0 Å². The molecule has 0 saturated carbocycles. The van der Waals surface area contributed by atoms with Crippen molar-refractivity contribution in [2.75, 3.05) is 25.6 Å². The lowest BCUT2D eigenvalue weighted by Crippen LogP contribution is -2.41. The highest BCUT2D eigenvalue weighted by molar-refractivity contribution is 7.89. The van der Waals surface area contributed by atoms with Gasteiger partial charge in [-0.15, -0.1) is 0 Å². The predicted molar refractivity (Wildman–Crippen MR) is 137 cm³/mol. The van der Waals surface area contributed by atoms with E-state index >= 15 is 0 Å². The van der Waals surface area contributed by atoms with Crippen molar-refractivity contribution in [3.63, 3.8) is 0 Å². The van der Waals surface area contributed by atoms with E-state index in [4.69, 9.17) is 4.74 Å². The summed E-state index contributed by atoms with van der Waals surface area (Å²) >= 11 is 0. The Labute approximate surface area is 218 Å². The molecule has 1 aliphatic heterocycles. The molecule has 202 valence electrons. The van der Waals surface area contributed by atoms with Gasteiger partial charge in [0.25, 0.3) is 0 Å². The lowest BCUT2D eigenvalue weighted by Gasteiger charge is -2.20. The molecule has 0 spiro atoms. The number of halogens is 3. The lowest BCUT2D eigenvalue weighted by molar-refractivity contribution is -0.137. The fraction of sp³-hybridized carbons (Fsp3) is 0.308. The molecule has 1 aromatic heterocycles. The lowest BCUT2D eigenvalue weighted by atomic mass is 9.90. The number of hydrogen-bond donors (Lipinski definition) is 2. The average Bonchev–Trinajstić information content (AvgIpc) is 3.16. The van der Waals surface area contributed by atoms with Crippen LogP contribution < -0.4 is 19.7 Å². The molecule has 1 aliphatic rings. The van der Waals surface area contributed by atoms with Crippen molar-refractivity contribution in [1.29, 1.82) is 0 Å². The molecule has 0 unspecified atom stereocenters. The Morgan fingerprint density at radius 3 is 2.39 bits per heavy atom. The standard InChI is InChI=1S/C26H27F3N4O4S/c1-25(2)15-33(24(34)31-14-16-5-8-18(9-6-16)38(35,36)30-3)22-12-11-21(32-23(22)25)19-10-7-17(37-4)13-20(19)26(27,28)29/h5-13,30H,14-15H2,1-4H3,(H,31,34). The highest BCUT2D eigenvalue weighted by atomic mass is 32.2. The number of ether oxygens (including phenoxy) is 1.